The summed E-state index contributed by atoms with van der Waals surface area (Å²) in [6.45, 7) is 0. The zero-order valence-corrected chi connectivity index (χ0v) is 30.8. The number of anilines is 4. The molecular formula is C48H33N5O2S. The number of nitrogens with one attached hydrogen (secondary N) is 1. The molecule has 0 aliphatic carbocycles. The van der Waals surface area contributed by atoms with E-state index >= 15 is 0 Å². The molecular weight excluding hydrogens is 711 g/mol. The van der Waals surface area contributed by atoms with Crippen molar-refractivity contribution in [2.24, 2.45) is 9.98 Å². The number of carbonyl (C=O) groups excluding carboxylic acids is 2. The highest BCUT2D eigenvalue weighted by Gasteiger charge is 2.35. The van der Waals surface area contributed by atoms with Crippen molar-refractivity contribution in [3.05, 3.63) is 216 Å². The van der Waals surface area contributed by atoms with Gasteiger partial charge in [-0.05, 0) is 59.7 Å². The number of nitrogens with zero attached hydrogens (tertiary/aromatic N) is 4. The van der Waals surface area contributed by atoms with Crippen molar-refractivity contribution >= 4 is 70.1 Å². The van der Waals surface area contributed by atoms with Crippen LogP contribution in [-0.4, -0.2) is 23.5 Å². The van der Waals surface area contributed by atoms with E-state index in [1.165, 1.54) is 0 Å². The third-order valence-corrected chi connectivity index (χ3v) is 10.5. The van der Waals surface area contributed by atoms with E-state index in [2.05, 4.69) is 5.32 Å². The van der Waals surface area contributed by atoms with E-state index in [9.17, 15) is 9.59 Å². The molecule has 0 saturated carbocycles. The Morgan fingerprint density at radius 2 is 0.875 bits per heavy atom. The Hall–Kier alpha value is -7.29. The van der Waals surface area contributed by atoms with Crippen LogP contribution in [0.25, 0.3) is 12.2 Å². The number of amides is 2. The molecule has 0 fully saturated rings. The van der Waals surface area contributed by atoms with E-state index in [0.29, 0.717) is 34.4 Å². The van der Waals surface area contributed by atoms with Crippen LogP contribution in [0, 0.1) is 0 Å². The molecule has 1 N–H and O–H groups in total. The van der Waals surface area contributed by atoms with Gasteiger partial charge in [0.2, 0.25) is 0 Å². The van der Waals surface area contributed by atoms with E-state index < -0.39 is 0 Å². The van der Waals surface area contributed by atoms with Crippen molar-refractivity contribution in [2.75, 3.05) is 15.1 Å². The highest BCUT2D eigenvalue weighted by Crippen LogP contribution is 2.47. The molecule has 3 aliphatic rings. The van der Waals surface area contributed by atoms with Gasteiger partial charge in [-0.1, -0.05) is 157 Å². The minimum absolute atomic E-state index is 0.208. The number of aliphatic imine (C=N–C) groups is 2. The second kappa shape index (κ2) is 15.2. The molecule has 3 aliphatic heterocycles. The average Bonchev–Trinajstić information content (AvgIpc) is 3.76. The highest BCUT2D eigenvalue weighted by atomic mass is 32.2. The molecule has 3 heterocycles. The van der Waals surface area contributed by atoms with E-state index in [1.54, 1.807) is 33.7 Å². The standard InChI is InChI=1S/C48H33N5O2S/c54-47-41(25-13-19-33-15-5-1-6-16-33)50-45(35-21-9-3-10-22-35)52(47)37-27-29-39-43(31-37)56-44-32-38(28-30-40(44)49-39)53-46(36-23-11-4-12-24-36)51-42(48(53)55)26-14-20-34-17-7-2-8-18-34/h1-32,49H. The molecule has 0 bridgehead atoms. The normalized spacial score (nSPS) is 16.4. The van der Waals surface area contributed by atoms with E-state index in [0.717, 1.165) is 43.4 Å². The first-order chi connectivity index (χ1) is 27.6. The molecule has 0 saturated heterocycles. The molecule has 0 atom stereocenters. The second-order valence-corrected chi connectivity index (χ2v) is 14.2. The average molecular weight is 744 g/mol. The van der Waals surface area contributed by atoms with Gasteiger partial charge in [-0.2, -0.15) is 0 Å². The maximum atomic E-state index is 14.1. The van der Waals surface area contributed by atoms with Crippen LogP contribution in [0.5, 0.6) is 0 Å². The molecule has 6 aromatic rings. The maximum Gasteiger partial charge on any atom is 0.282 e. The van der Waals surface area contributed by atoms with Gasteiger partial charge in [0.1, 0.15) is 23.1 Å². The van der Waals surface area contributed by atoms with Crippen molar-refractivity contribution in [3.63, 3.8) is 0 Å². The SMILES string of the molecule is O=C1C(=CC=Cc2ccccc2)N=C(c2ccccc2)N1c1ccc2c(c1)Sc1cc(N3C(=O)C(=CC=Cc4ccccc4)N=C3c3ccccc3)ccc1N2. The summed E-state index contributed by atoms with van der Waals surface area (Å²) in [7, 11) is 0. The van der Waals surface area contributed by atoms with Gasteiger partial charge in [0.05, 0.1) is 22.7 Å². The summed E-state index contributed by atoms with van der Waals surface area (Å²) in [6, 6.07) is 51.3. The third-order valence-electron chi connectivity index (χ3n) is 9.41. The Bertz CT molecular complexity index is 2480. The number of fused-ring (bicyclic) bond motifs is 2. The van der Waals surface area contributed by atoms with Crippen molar-refractivity contribution in [3.8, 4) is 0 Å². The molecule has 8 heteroatoms. The first kappa shape index (κ1) is 34.5. The van der Waals surface area contributed by atoms with Gasteiger partial charge in [-0.3, -0.25) is 19.4 Å². The second-order valence-electron chi connectivity index (χ2n) is 13.1. The molecule has 0 radical (unpaired) electrons. The Kier molecular flexibility index (Phi) is 9.37. The van der Waals surface area contributed by atoms with Gasteiger partial charge in [0.15, 0.2) is 0 Å². The van der Waals surface area contributed by atoms with Crippen molar-refractivity contribution in [1.29, 1.82) is 0 Å². The number of rotatable bonds is 8. The quantitative estimate of drug-likeness (QED) is 0.157. The lowest BCUT2D eigenvalue weighted by atomic mass is 10.1. The molecule has 2 amide bonds. The topological polar surface area (TPSA) is 77.4 Å². The molecule has 56 heavy (non-hydrogen) atoms. The lowest BCUT2D eigenvalue weighted by molar-refractivity contribution is -0.114. The van der Waals surface area contributed by atoms with Crippen LogP contribution in [0.2, 0.25) is 0 Å². The largest absolute Gasteiger partial charge is 0.354 e. The van der Waals surface area contributed by atoms with Gasteiger partial charge in [0.25, 0.3) is 11.8 Å². The number of allylic oxidation sites excluding steroid dienone is 4. The maximum absolute atomic E-state index is 14.1. The van der Waals surface area contributed by atoms with Crippen LogP contribution in [0.1, 0.15) is 22.3 Å². The van der Waals surface area contributed by atoms with Crippen LogP contribution in [0.3, 0.4) is 0 Å². The molecule has 268 valence electrons. The monoisotopic (exact) mass is 743 g/mol. The summed E-state index contributed by atoms with van der Waals surface area (Å²) in [5.74, 6) is 0.713. The summed E-state index contributed by atoms with van der Waals surface area (Å²) in [5.41, 5.74) is 7.69. The summed E-state index contributed by atoms with van der Waals surface area (Å²) >= 11 is 1.58. The zero-order chi connectivity index (χ0) is 37.8. The first-order valence-electron chi connectivity index (χ1n) is 18.2. The van der Waals surface area contributed by atoms with Crippen LogP contribution < -0.4 is 15.1 Å². The summed E-state index contributed by atoms with van der Waals surface area (Å²) < 4.78 is 0. The number of benzene rings is 6. The van der Waals surface area contributed by atoms with E-state index in [4.69, 9.17) is 9.98 Å². The summed E-state index contributed by atoms with van der Waals surface area (Å²) in [4.78, 5) is 43.0. The molecule has 7 nitrogen and oxygen atoms in total. The third kappa shape index (κ3) is 6.93. The smallest absolute Gasteiger partial charge is 0.282 e. The zero-order valence-electron chi connectivity index (χ0n) is 30.0. The van der Waals surface area contributed by atoms with Gasteiger partial charge in [-0.15, -0.1) is 0 Å². The van der Waals surface area contributed by atoms with Crippen molar-refractivity contribution in [2.45, 2.75) is 9.79 Å². The van der Waals surface area contributed by atoms with Crippen LogP contribution in [0.4, 0.5) is 22.7 Å². The lowest BCUT2D eigenvalue weighted by Gasteiger charge is -2.26. The lowest BCUT2D eigenvalue weighted by Crippen LogP contribution is -2.32. The number of hydrogen-bond donors (Lipinski definition) is 1. The predicted molar refractivity (Wildman–Crippen MR) is 228 cm³/mol. The van der Waals surface area contributed by atoms with Crippen molar-refractivity contribution < 1.29 is 9.59 Å². The highest BCUT2D eigenvalue weighted by molar-refractivity contribution is 7.99. The molecule has 0 spiro atoms. The fourth-order valence-corrected chi connectivity index (χ4v) is 7.73. The van der Waals surface area contributed by atoms with E-state index in [-0.39, 0.29) is 11.8 Å². The minimum atomic E-state index is -0.208. The Morgan fingerprint density at radius 3 is 1.29 bits per heavy atom. The fourth-order valence-electron chi connectivity index (χ4n) is 6.67. The Labute approximate surface area is 329 Å². The number of carbonyl (C=O) groups is 2. The fraction of sp³-hybridized carbons (Fsp3) is 0. The van der Waals surface area contributed by atoms with E-state index in [1.807, 2.05) is 182 Å². The molecule has 0 unspecified atom stereocenters. The van der Waals surface area contributed by atoms with Gasteiger partial charge < -0.3 is 5.32 Å². The number of hydrogen-bond acceptors (Lipinski definition) is 6. The Balaban J connectivity index is 1.02. The molecule has 0 aromatic heterocycles. The van der Waals surface area contributed by atoms with Crippen LogP contribution in [-0.2, 0) is 9.59 Å². The Morgan fingerprint density at radius 1 is 0.482 bits per heavy atom. The number of amidine groups is 2. The molecule has 9 rings (SSSR count). The predicted octanol–water partition coefficient (Wildman–Crippen LogP) is 10.7. The summed E-state index contributed by atoms with van der Waals surface area (Å²) in [6.07, 6.45) is 11.2. The summed E-state index contributed by atoms with van der Waals surface area (Å²) in [5, 5.41) is 3.56. The van der Waals surface area contributed by atoms with Crippen LogP contribution in [0.15, 0.2) is 213 Å². The van der Waals surface area contributed by atoms with Gasteiger partial charge in [0, 0.05) is 20.9 Å². The van der Waals surface area contributed by atoms with Crippen LogP contribution >= 0.6 is 11.8 Å². The first-order valence-corrected chi connectivity index (χ1v) is 19.0. The van der Waals surface area contributed by atoms with Gasteiger partial charge >= 0.3 is 0 Å². The van der Waals surface area contributed by atoms with Crippen molar-refractivity contribution in [1.82, 2.24) is 0 Å². The molecule has 6 aromatic carbocycles. The minimum Gasteiger partial charge on any atom is -0.354 e. The van der Waals surface area contributed by atoms with Gasteiger partial charge in [-0.25, -0.2) is 9.98 Å².